The summed E-state index contributed by atoms with van der Waals surface area (Å²) in [4.78, 5) is 3.62. The quantitative estimate of drug-likeness (QED) is 0.589. The minimum atomic E-state index is -0.567. The maximum atomic E-state index is 12.7. The lowest BCUT2D eigenvalue weighted by Crippen LogP contribution is -2.05. The zero-order valence-corrected chi connectivity index (χ0v) is 8.05. The highest BCUT2D eigenvalue weighted by molar-refractivity contribution is 5.51. The second-order valence-corrected chi connectivity index (χ2v) is 2.92. The molecule has 0 spiro atoms. The smallest absolute Gasteiger partial charge is 0.214 e. The van der Waals surface area contributed by atoms with E-state index in [1.165, 1.54) is 12.1 Å². The topological polar surface area (TPSA) is 48.7 Å². The molecule has 0 aliphatic carbocycles. The number of nitrogens with one attached hydrogen (secondary N) is 1. The first-order valence-corrected chi connectivity index (χ1v) is 4.58. The van der Waals surface area contributed by atoms with Gasteiger partial charge in [0.15, 0.2) is 0 Å². The van der Waals surface area contributed by atoms with Crippen molar-refractivity contribution in [1.29, 1.82) is 5.26 Å². The summed E-state index contributed by atoms with van der Waals surface area (Å²) in [6.07, 6.45) is 2.02. The summed E-state index contributed by atoms with van der Waals surface area (Å²) in [5, 5.41) is 11.6. The van der Waals surface area contributed by atoms with Gasteiger partial charge in [0.2, 0.25) is 5.95 Å². The Hall–Kier alpha value is -1.63. The molecule has 74 valence electrons. The largest absolute Gasteiger partial charge is 0.369 e. The first kappa shape index (κ1) is 10.5. The van der Waals surface area contributed by atoms with Gasteiger partial charge in [-0.05, 0) is 18.6 Å². The number of hydrogen-bond acceptors (Lipinski definition) is 3. The summed E-state index contributed by atoms with van der Waals surface area (Å²) in [6.45, 7) is 2.77. The number of unbranched alkanes of at least 4 members (excludes halogenated alkanes) is 1. The maximum absolute atomic E-state index is 12.7. The second-order valence-electron chi connectivity index (χ2n) is 2.92. The van der Waals surface area contributed by atoms with Gasteiger partial charge in [-0.15, -0.1) is 0 Å². The first-order chi connectivity index (χ1) is 6.77. The molecular formula is C10H12FN3. The molecule has 0 aliphatic heterocycles. The maximum Gasteiger partial charge on any atom is 0.214 e. The number of nitriles is 1. The van der Waals surface area contributed by atoms with E-state index in [1.54, 1.807) is 0 Å². The van der Waals surface area contributed by atoms with Gasteiger partial charge in [0.05, 0.1) is 5.56 Å². The summed E-state index contributed by atoms with van der Waals surface area (Å²) in [6, 6.07) is 4.57. The normalized spacial score (nSPS) is 9.50. The molecule has 1 N–H and O–H groups in total. The lowest BCUT2D eigenvalue weighted by molar-refractivity contribution is 0.584. The van der Waals surface area contributed by atoms with E-state index in [4.69, 9.17) is 5.26 Å². The molecule has 0 fully saturated rings. The van der Waals surface area contributed by atoms with E-state index in [2.05, 4.69) is 17.2 Å². The number of aromatic nitrogens is 1. The van der Waals surface area contributed by atoms with Crippen molar-refractivity contribution in [3.8, 4) is 6.07 Å². The van der Waals surface area contributed by atoms with Crippen molar-refractivity contribution in [2.24, 2.45) is 0 Å². The van der Waals surface area contributed by atoms with E-state index in [-0.39, 0.29) is 0 Å². The molecule has 0 bridgehead atoms. The Morgan fingerprint density at radius 3 is 3.00 bits per heavy atom. The predicted molar refractivity (Wildman–Crippen MR) is 52.3 cm³/mol. The number of halogens is 1. The molecule has 0 atom stereocenters. The molecule has 0 aromatic carbocycles. The van der Waals surface area contributed by atoms with E-state index in [0.29, 0.717) is 17.9 Å². The van der Waals surface area contributed by atoms with Crippen LogP contribution in [0.4, 0.5) is 10.2 Å². The van der Waals surface area contributed by atoms with E-state index < -0.39 is 5.95 Å². The van der Waals surface area contributed by atoms with Crippen LogP contribution in [0.15, 0.2) is 12.1 Å². The third-order valence-corrected chi connectivity index (χ3v) is 1.80. The molecule has 0 saturated heterocycles. The first-order valence-electron chi connectivity index (χ1n) is 4.58. The fourth-order valence-corrected chi connectivity index (χ4v) is 1.04. The lowest BCUT2D eigenvalue weighted by Gasteiger charge is -2.05. The summed E-state index contributed by atoms with van der Waals surface area (Å²) in [5.41, 5.74) is 0.377. The summed E-state index contributed by atoms with van der Waals surface area (Å²) in [7, 11) is 0. The van der Waals surface area contributed by atoms with Crippen molar-refractivity contribution in [3.05, 3.63) is 23.6 Å². The van der Waals surface area contributed by atoms with Gasteiger partial charge < -0.3 is 5.32 Å². The Morgan fingerprint density at radius 2 is 2.36 bits per heavy atom. The van der Waals surface area contributed by atoms with Gasteiger partial charge in [-0.2, -0.15) is 9.65 Å². The summed E-state index contributed by atoms with van der Waals surface area (Å²) in [5.74, 6) is -0.232. The van der Waals surface area contributed by atoms with Crippen LogP contribution in [0.5, 0.6) is 0 Å². The monoisotopic (exact) mass is 193 g/mol. The highest BCUT2D eigenvalue weighted by Gasteiger charge is 2.03. The third kappa shape index (κ3) is 2.70. The van der Waals surface area contributed by atoms with Crippen LogP contribution in [0.25, 0.3) is 0 Å². The molecule has 1 heterocycles. The number of anilines is 1. The molecule has 1 rings (SSSR count). The van der Waals surface area contributed by atoms with Gasteiger partial charge in [0.25, 0.3) is 0 Å². The van der Waals surface area contributed by atoms with Crippen molar-refractivity contribution in [2.45, 2.75) is 19.8 Å². The van der Waals surface area contributed by atoms with Gasteiger partial charge in [-0.1, -0.05) is 13.3 Å². The fraction of sp³-hybridized carbons (Fsp3) is 0.400. The third-order valence-electron chi connectivity index (χ3n) is 1.80. The van der Waals surface area contributed by atoms with E-state index >= 15 is 0 Å². The van der Waals surface area contributed by atoms with Gasteiger partial charge in [-0.3, -0.25) is 0 Å². The lowest BCUT2D eigenvalue weighted by atomic mass is 10.2. The van der Waals surface area contributed by atoms with Gasteiger partial charge in [-0.25, -0.2) is 4.98 Å². The van der Waals surface area contributed by atoms with Gasteiger partial charge in [0, 0.05) is 6.54 Å². The Balaban J connectivity index is 2.73. The van der Waals surface area contributed by atoms with E-state index in [9.17, 15) is 4.39 Å². The van der Waals surface area contributed by atoms with Crippen LogP contribution >= 0.6 is 0 Å². The average molecular weight is 193 g/mol. The molecule has 0 unspecified atom stereocenters. The van der Waals surface area contributed by atoms with Crippen LogP contribution in [0, 0.1) is 17.3 Å². The SMILES string of the molecule is CCCCNc1nc(F)ccc1C#N. The predicted octanol–water partition coefficient (Wildman–Crippen LogP) is 2.30. The number of hydrogen-bond donors (Lipinski definition) is 1. The van der Waals surface area contributed by atoms with Gasteiger partial charge in [0.1, 0.15) is 11.9 Å². The van der Waals surface area contributed by atoms with Crippen molar-refractivity contribution >= 4 is 5.82 Å². The molecular weight excluding hydrogens is 181 g/mol. The van der Waals surface area contributed by atoms with Crippen LogP contribution in [0.2, 0.25) is 0 Å². The average Bonchev–Trinajstić information content (AvgIpc) is 2.19. The zero-order valence-electron chi connectivity index (χ0n) is 8.05. The fourth-order valence-electron chi connectivity index (χ4n) is 1.04. The molecule has 1 aromatic heterocycles. The van der Waals surface area contributed by atoms with Gasteiger partial charge >= 0.3 is 0 Å². The molecule has 0 aliphatic rings. The minimum absolute atomic E-state index is 0.334. The number of pyridine rings is 1. The van der Waals surface area contributed by atoms with Crippen molar-refractivity contribution < 1.29 is 4.39 Å². The van der Waals surface area contributed by atoms with Crippen molar-refractivity contribution in [3.63, 3.8) is 0 Å². The van der Waals surface area contributed by atoms with E-state index in [0.717, 1.165) is 12.8 Å². The molecule has 3 nitrogen and oxygen atoms in total. The highest BCUT2D eigenvalue weighted by atomic mass is 19.1. The van der Waals surface area contributed by atoms with Crippen LogP contribution in [0.3, 0.4) is 0 Å². The zero-order chi connectivity index (χ0) is 10.4. The number of rotatable bonds is 4. The van der Waals surface area contributed by atoms with E-state index in [1.807, 2.05) is 6.07 Å². The molecule has 4 heteroatoms. The Morgan fingerprint density at radius 1 is 1.57 bits per heavy atom. The van der Waals surface area contributed by atoms with Crippen LogP contribution < -0.4 is 5.32 Å². The van der Waals surface area contributed by atoms with Crippen LogP contribution in [-0.4, -0.2) is 11.5 Å². The van der Waals surface area contributed by atoms with Crippen LogP contribution in [0.1, 0.15) is 25.3 Å². The standard InChI is InChI=1S/C10H12FN3/c1-2-3-6-13-10-8(7-12)4-5-9(11)14-10/h4-5H,2-3,6H2,1H3,(H,13,14). The summed E-state index contributed by atoms with van der Waals surface area (Å²) >= 11 is 0. The number of nitrogens with zero attached hydrogens (tertiary/aromatic N) is 2. The molecule has 0 saturated carbocycles. The second kappa shape index (κ2) is 5.18. The minimum Gasteiger partial charge on any atom is -0.369 e. The molecule has 0 amide bonds. The highest BCUT2D eigenvalue weighted by Crippen LogP contribution is 2.11. The molecule has 14 heavy (non-hydrogen) atoms. The Bertz CT molecular complexity index is 344. The molecule has 1 aromatic rings. The van der Waals surface area contributed by atoms with Crippen molar-refractivity contribution in [1.82, 2.24) is 4.98 Å². The molecule has 0 radical (unpaired) electrons. The van der Waals surface area contributed by atoms with Crippen molar-refractivity contribution in [2.75, 3.05) is 11.9 Å². The Labute approximate surface area is 82.6 Å². The Kier molecular flexibility index (Phi) is 3.86. The summed E-state index contributed by atoms with van der Waals surface area (Å²) < 4.78 is 12.7. The van der Waals surface area contributed by atoms with Crippen LogP contribution in [-0.2, 0) is 0 Å².